The lowest BCUT2D eigenvalue weighted by Crippen LogP contribution is -2.35. The first kappa shape index (κ1) is 13.5. The molecule has 0 fully saturated rings. The molecule has 0 heterocycles. The van der Waals surface area contributed by atoms with Crippen molar-refractivity contribution < 1.29 is 17.9 Å². The van der Waals surface area contributed by atoms with Gasteiger partial charge in [-0.1, -0.05) is 0 Å². The van der Waals surface area contributed by atoms with Crippen LogP contribution >= 0.6 is 0 Å². The van der Waals surface area contributed by atoms with Crippen molar-refractivity contribution in [2.45, 2.75) is 19.4 Å². The van der Waals surface area contributed by atoms with E-state index in [1.807, 2.05) is 0 Å². The summed E-state index contributed by atoms with van der Waals surface area (Å²) in [4.78, 5) is 11.2. The van der Waals surface area contributed by atoms with Gasteiger partial charge in [0, 0.05) is 12.9 Å². The Morgan fingerprint density at radius 2 is 2.07 bits per heavy atom. The lowest BCUT2D eigenvalue weighted by molar-refractivity contribution is -0.124. The summed E-state index contributed by atoms with van der Waals surface area (Å²) in [5.74, 6) is -0.318. The molecule has 0 bridgehead atoms. The van der Waals surface area contributed by atoms with Crippen molar-refractivity contribution in [1.29, 1.82) is 0 Å². The van der Waals surface area contributed by atoms with Gasteiger partial charge in [-0.3, -0.25) is 4.79 Å². The number of carbonyl (C=O) groups is 1. The van der Waals surface area contributed by atoms with E-state index in [2.05, 4.69) is 0 Å². The maximum Gasteiger partial charge on any atom is 0.175 e. The molecule has 0 aliphatic heterocycles. The summed E-state index contributed by atoms with van der Waals surface area (Å²) in [7, 11) is -3.05. The molecule has 1 atom stereocenters. The van der Waals surface area contributed by atoms with Crippen molar-refractivity contribution in [2.75, 3.05) is 25.2 Å². The third-order valence-electron chi connectivity index (χ3n) is 1.66. The normalized spacial score (nSPS) is 13.9. The van der Waals surface area contributed by atoms with Gasteiger partial charge >= 0.3 is 0 Å². The summed E-state index contributed by atoms with van der Waals surface area (Å²) in [5, 5.41) is 0. The van der Waals surface area contributed by atoms with Crippen molar-refractivity contribution >= 4 is 15.6 Å². The number of rotatable bonds is 7. The SMILES string of the molecule is CCOCC(=O)C(N)CCS(C)(=O)=O. The Kier molecular flexibility index (Phi) is 5.90. The van der Waals surface area contributed by atoms with Gasteiger partial charge in [-0.15, -0.1) is 0 Å². The molecule has 84 valence electrons. The van der Waals surface area contributed by atoms with Gasteiger partial charge in [0.1, 0.15) is 16.4 Å². The van der Waals surface area contributed by atoms with E-state index in [1.54, 1.807) is 6.92 Å². The van der Waals surface area contributed by atoms with Gasteiger partial charge in [0.15, 0.2) is 5.78 Å². The smallest absolute Gasteiger partial charge is 0.175 e. The summed E-state index contributed by atoms with van der Waals surface area (Å²) >= 11 is 0. The van der Waals surface area contributed by atoms with Crippen LogP contribution in [-0.4, -0.2) is 45.5 Å². The summed E-state index contributed by atoms with van der Waals surface area (Å²) in [6, 6.07) is -0.740. The first-order chi connectivity index (χ1) is 6.37. The number of nitrogens with two attached hydrogens (primary N) is 1. The van der Waals surface area contributed by atoms with E-state index in [0.717, 1.165) is 6.26 Å². The van der Waals surface area contributed by atoms with Gasteiger partial charge in [0.2, 0.25) is 0 Å². The highest BCUT2D eigenvalue weighted by Gasteiger charge is 2.15. The molecule has 0 aliphatic carbocycles. The predicted octanol–water partition coefficient (Wildman–Crippen LogP) is -0.646. The molecule has 1 unspecified atom stereocenters. The molecule has 6 heteroatoms. The molecule has 5 nitrogen and oxygen atoms in total. The number of hydrogen-bond acceptors (Lipinski definition) is 5. The first-order valence-electron chi connectivity index (χ1n) is 4.40. The van der Waals surface area contributed by atoms with Crippen molar-refractivity contribution in [3.05, 3.63) is 0 Å². The lowest BCUT2D eigenvalue weighted by Gasteiger charge is -2.09. The van der Waals surface area contributed by atoms with E-state index in [0.29, 0.717) is 6.61 Å². The second kappa shape index (κ2) is 6.10. The molecule has 14 heavy (non-hydrogen) atoms. The van der Waals surface area contributed by atoms with Crippen LogP contribution in [0.5, 0.6) is 0 Å². The van der Waals surface area contributed by atoms with Gasteiger partial charge in [0.25, 0.3) is 0 Å². The van der Waals surface area contributed by atoms with E-state index >= 15 is 0 Å². The summed E-state index contributed by atoms with van der Waals surface area (Å²) in [6.45, 7) is 2.18. The third-order valence-corrected chi connectivity index (χ3v) is 2.64. The monoisotopic (exact) mass is 223 g/mol. The van der Waals surface area contributed by atoms with E-state index < -0.39 is 15.9 Å². The fourth-order valence-electron chi connectivity index (χ4n) is 0.812. The van der Waals surface area contributed by atoms with Crippen LogP contribution in [0.1, 0.15) is 13.3 Å². The Hall–Kier alpha value is -0.460. The Morgan fingerprint density at radius 1 is 1.50 bits per heavy atom. The number of sulfone groups is 1. The molecular weight excluding hydrogens is 206 g/mol. The van der Waals surface area contributed by atoms with Gasteiger partial charge in [-0.05, 0) is 13.3 Å². The van der Waals surface area contributed by atoms with Crippen LogP contribution in [-0.2, 0) is 19.4 Å². The van der Waals surface area contributed by atoms with E-state index in [1.165, 1.54) is 0 Å². The molecule has 0 aliphatic rings. The molecular formula is C8H17NO4S. The zero-order chi connectivity index (χ0) is 11.2. The van der Waals surface area contributed by atoms with Crippen LogP contribution in [0.15, 0.2) is 0 Å². The van der Waals surface area contributed by atoms with Crippen LogP contribution in [0.4, 0.5) is 0 Å². The highest BCUT2D eigenvalue weighted by molar-refractivity contribution is 7.90. The Balaban J connectivity index is 3.84. The maximum absolute atomic E-state index is 11.2. The van der Waals surface area contributed by atoms with Gasteiger partial charge in [-0.2, -0.15) is 0 Å². The molecule has 0 aromatic rings. The zero-order valence-electron chi connectivity index (χ0n) is 8.52. The highest BCUT2D eigenvalue weighted by atomic mass is 32.2. The molecule has 0 aromatic carbocycles. The highest BCUT2D eigenvalue weighted by Crippen LogP contribution is 1.95. The molecule has 0 aromatic heterocycles. The largest absolute Gasteiger partial charge is 0.374 e. The summed E-state index contributed by atoms with van der Waals surface area (Å²) in [6.07, 6.45) is 1.28. The van der Waals surface area contributed by atoms with Crippen LogP contribution in [0.2, 0.25) is 0 Å². The fraction of sp³-hybridized carbons (Fsp3) is 0.875. The molecule has 2 N–H and O–H groups in total. The topological polar surface area (TPSA) is 86.5 Å². The number of ketones is 1. The summed E-state index contributed by atoms with van der Waals surface area (Å²) < 4.78 is 26.4. The minimum Gasteiger partial charge on any atom is -0.374 e. The van der Waals surface area contributed by atoms with Crippen LogP contribution in [0, 0.1) is 0 Å². The van der Waals surface area contributed by atoms with Crippen molar-refractivity contribution in [3.8, 4) is 0 Å². The fourth-order valence-corrected chi connectivity index (χ4v) is 1.49. The average Bonchev–Trinajstić information content (AvgIpc) is 2.09. The predicted molar refractivity (Wildman–Crippen MR) is 53.8 cm³/mol. The number of carbonyl (C=O) groups excluding carboxylic acids is 1. The van der Waals surface area contributed by atoms with Crippen molar-refractivity contribution in [1.82, 2.24) is 0 Å². The summed E-state index contributed by atoms with van der Waals surface area (Å²) in [5.41, 5.74) is 5.47. The number of Topliss-reactive ketones (excluding diaryl/α,β-unsaturated/α-hetero) is 1. The number of hydrogen-bond donors (Lipinski definition) is 1. The Labute approximate surface area is 84.5 Å². The van der Waals surface area contributed by atoms with E-state index in [4.69, 9.17) is 10.5 Å². The molecule has 0 saturated heterocycles. The quantitative estimate of drug-likeness (QED) is 0.620. The van der Waals surface area contributed by atoms with Crippen LogP contribution in [0.3, 0.4) is 0 Å². The Morgan fingerprint density at radius 3 is 2.50 bits per heavy atom. The van der Waals surface area contributed by atoms with Crippen molar-refractivity contribution in [2.24, 2.45) is 5.73 Å². The van der Waals surface area contributed by atoms with Crippen LogP contribution in [0.25, 0.3) is 0 Å². The molecule has 0 spiro atoms. The minimum absolute atomic E-state index is 0.0402. The molecule has 0 rings (SSSR count). The van der Waals surface area contributed by atoms with Gasteiger partial charge < -0.3 is 10.5 Å². The second-order valence-electron chi connectivity index (χ2n) is 3.13. The minimum atomic E-state index is -3.05. The zero-order valence-corrected chi connectivity index (χ0v) is 9.34. The average molecular weight is 223 g/mol. The van der Waals surface area contributed by atoms with Gasteiger partial charge in [-0.25, -0.2) is 8.42 Å². The first-order valence-corrected chi connectivity index (χ1v) is 6.46. The standard InChI is InChI=1S/C8H17NO4S/c1-3-13-6-8(10)7(9)4-5-14(2,11)12/h7H,3-6,9H2,1-2H3. The lowest BCUT2D eigenvalue weighted by atomic mass is 10.1. The van der Waals surface area contributed by atoms with E-state index in [-0.39, 0.29) is 24.6 Å². The molecule has 0 amide bonds. The van der Waals surface area contributed by atoms with Crippen molar-refractivity contribution in [3.63, 3.8) is 0 Å². The third kappa shape index (κ3) is 6.99. The molecule has 0 radical (unpaired) electrons. The maximum atomic E-state index is 11.2. The Bertz CT molecular complexity index is 273. The van der Waals surface area contributed by atoms with Crippen LogP contribution < -0.4 is 5.73 Å². The second-order valence-corrected chi connectivity index (χ2v) is 5.39. The van der Waals surface area contributed by atoms with E-state index in [9.17, 15) is 13.2 Å². The number of ether oxygens (including phenoxy) is 1. The van der Waals surface area contributed by atoms with Gasteiger partial charge in [0.05, 0.1) is 11.8 Å². The molecule has 0 saturated carbocycles.